The van der Waals surface area contributed by atoms with E-state index in [1.165, 1.54) is 49.7 Å². The molecule has 0 radical (unpaired) electrons. The van der Waals surface area contributed by atoms with Crippen LogP contribution in [-0.4, -0.2) is 46.0 Å². The molecule has 2 heterocycles. The van der Waals surface area contributed by atoms with Gasteiger partial charge in [0.15, 0.2) is 0 Å². The number of hydrogen-bond acceptors (Lipinski definition) is 4. The van der Waals surface area contributed by atoms with Crippen molar-refractivity contribution in [2.75, 3.05) is 31.1 Å². The molecule has 1 aromatic heterocycles. The summed E-state index contributed by atoms with van der Waals surface area (Å²) in [5, 5.41) is 0. The summed E-state index contributed by atoms with van der Waals surface area (Å²) < 4.78 is 0. The first kappa shape index (κ1) is 17.7. The molecule has 0 atom stereocenters. The van der Waals surface area contributed by atoms with Crippen molar-refractivity contribution >= 4 is 11.8 Å². The van der Waals surface area contributed by atoms with Gasteiger partial charge in [-0.25, -0.2) is 9.97 Å². The first-order valence-electron chi connectivity index (χ1n) is 8.60. The number of rotatable bonds is 6. The van der Waals surface area contributed by atoms with Crippen LogP contribution in [-0.2, 0) is 11.8 Å². The van der Waals surface area contributed by atoms with Crippen LogP contribution in [0.15, 0.2) is 12.4 Å². The van der Waals surface area contributed by atoms with Gasteiger partial charge >= 0.3 is 0 Å². The summed E-state index contributed by atoms with van der Waals surface area (Å²) in [5.74, 6) is 3.31. The van der Waals surface area contributed by atoms with Gasteiger partial charge in [-0.05, 0) is 50.1 Å². The molecule has 4 heteroatoms. The minimum absolute atomic E-state index is 0.109. The Labute approximate surface area is 140 Å². The van der Waals surface area contributed by atoms with E-state index in [9.17, 15) is 0 Å². The van der Waals surface area contributed by atoms with Gasteiger partial charge < -0.3 is 4.90 Å². The number of aromatic nitrogens is 2. The Balaban J connectivity index is 1.81. The number of likely N-dealkylation sites (tertiary alicyclic amines) is 1. The number of thioether (sulfide) groups is 1. The number of piperidine rings is 1. The van der Waals surface area contributed by atoms with Crippen molar-refractivity contribution in [1.82, 2.24) is 14.9 Å². The minimum atomic E-state index is 0.109. The fraction of sp³-hybridized carbons (Fsp3) is 0.778. The summed E-state index contributed by atoms with van der Waals surface area (Å²) in [4.78, 5) is 11.6. The first-order valence-corrected chi connectivity index (χ1v) is 9.76. The zero-order valence-corrected chi connectivity index (χ0v) is 15.5. The van der Waals surface area contributed by atoms with Gasteiger partial charge in [-0.1, -0.05) is 27.7 Å². The molecule has 0 saturated carbocycles. The maximum Gasteiger partial charge on any atom is 0.115 e. The average Bonchev–Trinajstić information content (AvgIpc) is 2.49. The molecule has 0 spiro atoms. The van der Waals surface area contributed by atoms with Crippen molar-refractivity contribution in [3.05, 3.63) is 23.8 Å². The van der Waals surface area contributed by atoms with Crippen molar-refractivity contribution < 1.29 is 0 Å². The molecule has 0 bridgehead atoms. The van der Waals surface area contributed by atoms with E-state index in [0.29, 0.717) is 0 Å². The summed E-state index contributed by atoms with van der Waals surface area (Å²) >= 11 is 2.05. The second kappa shape index (κ2) is 8.30. The second-order valence-corrected chi connectivity index (χ2v) is 8.72. The molecule has 0 unspecified atom stereocenters. The lowest BCUT2D eigenvalue weighted by atomic mass is 9.89. The molecule has 0 amide bonds. The van der Waals surface area contributed by atoms with Crippen LogP contribution < -0.4 is 0 Å². The Hall–Kier alpha value is -0.610. The van der Waals surface area contributed by atoms with E-state index in [4.69, 9.17) is 0 Å². The van der Waals surface area contributed by atoms with Crippen molar-refractivity contribution in [3.8, 4) is 0 Å². The van der Waals surface area contributed by atoms with Gasteiger partial charge in [0.2, 0.25) is 0 Å². The maximum atomic E-state index is 4.50. The van der Waals surface area contributed by atoms with Crippen LogP contribution in [0.3, 0.4) is 0 Å². The molecule has 0 aliphatic carbocycles. The van der Waals surface area contributed by atoms with E-state index in [1.807, 2.05) is 0 Å². The van der Waals surface area contributed by atoms with E-state index < -0.39 is 0 Å². The van der Waals surface area contributed by atoms with E-state index in [0.717, 1.165) is 18.0 Å². The molecular formula is C18H31N3S. The van der Waals surface area contributed by atoms with Gasteiger partial charge in [-0.3, -0.25) is 0 Å². The summed E-state index contributed by atoms with van der Waals surface area (Å²) in [6.45, 7) is 12.7. The molecule has 1 aliphatic rings. The molecule has 3 nitrogen and oxygen atoms in total. The molecule has 1 fully saturated rings. The van der Waals surface area contributed by atoms with Crippen molar-refractivity contribution in [3.63, 3.8) is 0 Å². The fourth-order valence-corrected chi connectivity index (χ4v) is 3.64. The van der Waals surface area contributed by atoms with Crippen molar-refractivity contribution in [2.24, 2.45) is 5.92 Å². The Morgan fingerprint density at radius 1 is 1.23 bits per heavy atom. The van der Waals surface area contributed by atoms with E-state index >= 15 is 0 Å². The zero-order chi connectivity index (χ0) is 16.0. The van der Waals surface area contributed by atoms with E-state index in [1.54, 1.807) is 6.33 Å². The van der Waals surface area contributed by atoms with Crippen LogP contribution in [0.1, 0.15) is 51.9 Å². The third-order valence-electron chi connectivity index (χ3n) is 4.45. The highest BCUT2D eigenvalue weighted by Gasteiger charge is 2.21. The lowest BCUT2D eigenvalue weighted by Gasteiger charge is -2.31. The number of nitrogens with zero attached hydrogens (tertiary/aromatic N) is 3. The standard InChI is InChI=1S/C18H31N3S/c1-5-22-11-10-21-8-6-15(7-9-21)12-16-13-17(18(2,3)4)20-14-19-16/h13-15H,5-12H2,1-4H3. The van der Waals surface area contributed by atoms with Gasteiger partial charge in [0.05, 0.1) is 0 Å². The van der Waals surface area contributed by atoms with Crippen LogP contribution in [0.5, 0.6) is 0 Å². The highest BCUT2D eigenvalue weighted by Crippen LogP contribution is 2.24. The quantitative estimate of drug-likeness (QED) is 0.746. The van der Waals surface area contributed by atoms with Gasteiger partial charge in [0, 0.05) is 29.1 Å². The molecule has 22 heavy (non-hydrogen) atoms. The summed E-state index contributed by atoms with van der Waals surface area (Å²) in [5.41, 5.74) is 2.49. The SMILES string of the molecule is CCSCCN1CCC(Cc2cc(C(C)(C)C)ncn2)CC1. The third-order valence-corrected chi connectivity index (χ3v) is 5.33. The van der Waals surface area contributed by atoms with Crippen LogP contribution >= 0.6 is 11.8 Å². The van der Waals surface area contributed by atoms with Gasteiger partial charge in [0.25, 0.3) is 0 Å². The lowest BCUT2D eigenvalue weighted by molar-refractivity contribution is 0.193. The van der Waals surface area contributed by atoms with Gasteiger partial charge in [-0.2, -0.15) is 11.8 Å². The topological polar surface area (TPSA) is 29.0 Å². The number of hydrogen-bond donors (Lipinski definition) is 0. The van der Waals surface area contributed by atoms with Crippen LogP contribution in [0.25, 0.3) is 0 Å². The Morgan fingerprint density at radius 2 is 1.95 bits per heavy atom. The van der Waals surface area contributed by atoms with Crippen molar-refractivity contribution in [2.45, 2.75) is 52.4 Å². The minimum Gasteiger partial charge on any atom is -0.302 e. The van der Waals surface area contributed by atoms with Gasteiger partial charge in [-0.15, -0.1) is 0 Å². The van der Waals surface area contributed by atoms with Crippen LogP contribution in [0.2, 0.25) is 0 Å². The molecule has 2 rings (SSSR count). The van der Waals surface area contributed by atoms with E-state index in [-0.39, 0.29) is 5.41 Å². The molecule has 1 aromatic rings. The Bertz CT molecular complexity index is 448. The second-order valence-electron chi connectivity index (χ2n) is 7.33. The average molecular weight is 322 g/mol. The fourth-order valence-electron chi connectivity index (χ4n) is 2.97. The third kappa shape index (κ3) is 5.54. The smallest absolute Gasteiger partial charge is 0.115 e. The summed E-state index contributed by atoms with van der Waals surface area (Å²) in [6.07, 6.45) is 5.48. The summed E-state index contributed by atoms with van der Waals surface area (Å²) in [7, 11) is 0. The zero-order valence-electron chi connectivity index (χ0n) is 14.6. The largest absolute Gasteiger partial charge is 0.302 e. The summed E-state index contributed by atoms with van der Waals surface area (Å²) in [6, 6.07) is 2.21. The van der Waals surface area contributed by atoms with Crippen LogP contribution in [0.4, 0.5) is 0 Å². The monoisotopic (exact) mass is 321 g/mol. The predicted octanol–water partition coefficient (Wildman–Crippen LogP) is 3.78. The highest BCUT2D eigenvalue weighted by molar-refractivity contribution is 7.99. The molecule has 1 saturated heterocycles. The predicted molar refractivity (Wildman–Crippen MR) is 96.6 cm³/mol. The van der Waals surface area contributed by atoms with E-state index in [2.05, 4.69) is 60.4 Å². The lowest BCUT2D eigenvalue weighted by Crippen LogP contribution is -2.35. The molecular weight excluding hydrogens is 290 g/mol. The molecule has 0 aromatic carbocycles. The van der Waals surface area contributed by atoms with Gasteiger partial charge in [0.1, 0.15) is 6.33 Å². The normalized spacial score (nSPS) is 17.8. The first-order chi connectivity index (χ1) is 10.5. The Kier molecular flexibility index (Phi) is 6.69. The van der Waals surface area contributed by atoms with Crippen molar-refractivity contribution in [1.29, 1.82) is 0 Å². The molecule has 1 aliphatic heterocycles. The van der Waals surface area contributed by atoms with Crippen LogP contribution in [0, 0.1) is 5.92 Å². The molecule has 124 valence electrons. The molecule has 0 N–H and O–H groups in total. The highest BCUT2D eigenvalue weighted by atomic mass is 32.2. The Morgan fingerprint density at radius 3 is 2.59 bits per heavy atom. The maximum absolute atomic E-state index is 4.50.